The molecule has 2 heterocycles. The van der Waals surface area contributed by atoms with Crippen LogP contribution in [0.15, 0.2) is 29.1 Å². The summed E-state index contributed by atoms with van der Waals surface area (Å²) in [4.78, 5) is 3.97. The third kappa shape index (κ3) is 2.43. The molecule has 96 valence electrons. The van der Waals surface area contributed by atoms with Crippen LogP contribution < -0.4 is 5.73 Å². The molecule has 0 saturated heterocycles. The Kier molecular flexibility index (Phi) is 4.04. The molecule has 2 N–H and O–H groups in total. The molecule has 1 unspecified atom stereocenters. The summed E-state index contributed by atoms with van der Waals surface area (Å²) in [5, 5.41) is 4.89. The van der Waals surface area contributed by atoms with Crippen LogP contribution in [0.3, 0.4) is 0 Å². The van der Waals surface area contributed by atoms with E-state index < -0.39 is 0 Å². The summed E-state index contributed by atoms with van der Waals surface area (Å²) in [6.07, 6.45) is 5.04. The maximum Gasteiger partial charge on any atom is 0.0750 e. The molecule has 0 aliphatic carbocycles. The Morgan fingerprint density at radius 1 is 1.39 bits per heavy atom. The van der Waals surface area contributed by atoms with E-state index in [0.29, 0.717) is 5.02 Å². The van der Waals surface area contributed by atoms with E-state index in [1.165, 1.54) is 0 Å². The molecule has 2 aromatic heterocycles. The van der Waals surface area contributed by atoms with Gasteiger partial charge in [0.05, 0.1) is 27.4 Å². The molecule has 2 rings (SSSR count). The quantitative estimate of drug-likeness (QED) is 0.939. The summed E-state index contributed by atoms with van der Waals surface area (Å²) >= 11 is 9.62. The van der Waals surface area contributed by atoms with Crippen molar-refractivity contribution in [2.75, 3.05) is 0 Å². The lowest BCUT2D eigenvalue weighted by Gasteiger charge is -2.18. The summed E-state index contributed by atoms with van der Waals surface area (Å²) in [7, 11) is 0. The number of nitrogens with two attached hydrogens (primary N) is 1. The van der Waals surface area contributed by atoms with Crippen LogP contribution in [0.4, 0.5) is 0 Å². The minimum absolute atomic E-state index is 0.234. The van der Waals surface area contributed by atoms with Crippen molar-refractivity contribution in [2.45, 2.75) is 25.9 Å². The van der Waals surface area contributed by atoms with Crippen LogP contribution in [0.5, 0.6) is 0 Å². The fourth-order valence-electron chi connectivity index (χ4n) is 1.84. The number of halogens is 2. The van der Waals surface area contributed by atoms with E-state index in [4.69, 9.17) is 17.3 Å². The number of hydrogen-bond donors (Lipinski definition) is 1. The minimum atomic E-state index is -0.334. The lowest BCUT2D eigenvalue weighted by atomic mass is 10.1. The van der Waals surface area contributed by atoms with Crippen molar-refractivity contribution >= 4 is 27.5 Å². The highest BCUT2D eigenvalue weighted by Gasteiger charge is 2.21. The van der Waals surface area contributed by atoms with Crippen LogP contribution in [0.1, 0.15) is 37.2 Å². The summed E-state index contributed by atoms with van der Waals surface area (Å²) in [6.45, 7) is 4.12. The van der Waals surface area contributed by atoms with Gasteiger partial charge >= 0.3 is 0 Å². The molecule has 0 radical (unpaired) electrons. The fourth-order valence-corrected chi connectivity index (χ4v) is 2.60. The van der Waals surface area contributed by atoms with Gasteiger partial charge in [0.2, 0.25) is 0 Å². The SMILES string of the molecule is CC(C)n1ncc(Br)c1C(N)c1ccncc1Cl. The van der Waals surface area contributed by atoms with Crippen LogP contribution >= 0.6 is 27.5 Å². The predicted molar refractivity (Wildman–Crippen MR) is 75.6 cm³/mol. The topological polar surface area (TPSA) is 56.7 Å². The molecule has 0 fully saturated rings. The van der Waals surface area contributed by atoms with Gasteiger partial charge in [0.15, 0.2) is 0 Å². The lowest BCUT2D eigenvalue weighted by molar-refractivity contribution is 0.498. The van der Waals surface area contributed by atoms with Gasteiger partial charge in [-0.25, -0.2) is 0 Å². The molecule has 0 saturated carbocycles. The first-order chi connectivity index (χ1) is 8.52. The highest BCUT2D eigenvalue weighted by atomic mass is 79.9. The van der Waals surface area contributed by atoms with Crippen molar-refractivity contribution in [1.29, 1.82) is 0 Å². The maximum atomic E-state index is 6.30. The van der Waals surface area contributed by atoms with Gasteiger partial charge in [-0.05, 0) is 41.4 Å². The molecule has 0 aromatic carbocycles. The standard InChI is InChI=1S/C12H14BrClN4/c1-7(2)18-12(9(13)5-17-18)11(15)8-3-4-16-6-10(8)14/h3-7,11H,15H2,1-2H3. The van der Waals surface area contributed by atoms with E-state index in [1.54, 1.807) is 18.6 Å². The first-order valence-corrected chi connectivity index (χ1v) is 6.77. The van der Waals surface area contributed by atoms with Crippen LogP contribution in [0.2, 0.25) is 5.02 Å². The molecular formula is C12H14BrClN4. The van der Waals surface area contributed by atoms with E-state index in [2.05, 4.69) is 39.9 Å². The largest absolute Gasteiger partial charge is 0.319 e. The molecule has 0 bridgehead atoms. The van der Waals surface area contributed by atoms with Gasteiger partial charge in [-0.3, -0.25) is 9.67 Å². The average molecular weight is 330 g/mol. The first kappa shape index (κ1) is 13.5. The third-order valence-electron chi connectivity index (χ3n) is 2.71. The zero-order chi connectivity index (χ0) is 13.3. The molecule has 4 nitrogen and oxygen atoms in total. The predicted octanol–water partition coefficient (Wildman–Crippen LogP) is 3.32. The van der Waals surface area contributed by atoms with Crippen molar-refractivity contribution in [3.63, 3.8) is 0 Å². The molecule has 0 aliphatic rings. The Morgan fingerprint density at radius 3 is 2.72 bits per heavy atom. The highest BCUT2D eigenvalue weighted by molar-refractivity contribution is 9.10. The van der Waals surface area contributed by atoms with Crippen molar-refractivity contribution in [2.24, 2.45) is 5.73 Å². The van der Waals surface area contributed by atoms with Crippen molar-refractivity contribution < 1.29 is 0 Å². The average Bonchev–Trinajstić information content (AvgIpc) is 2.71. The monoisotopic (exact) mass is 328 g/mol. The molecule has 2 aromatic rings. The zero-order valence-electron chi connectivity index (χ0n) is 10.1. The number of aromatic nitrogens is 3. The van der Waals surface area contributed by atoms with Gasteiger partial charge in [0.25, 0.3) is 0 Å². The normalized spacial score (nSPS) is 13.0. The Hall–Kier alpha value is -0.910. The fraction of sp³-hybridized carbons (Fsp3) is 0.333. The summed E-state index contributed by atoms with van der Waals surface area (Å²) in [6, 6.07) is 1.73. The van der Waals surface area contributed by atoms with E-state index in [-0.39, 0.29) is 12.1 Å². The van der Waals surface area contributed by atoms with Crippen molar-refractivity contribution in [3.05, 3.63) is 45.4 Å². The van der Waals surface area contributed by atoms with Crippen molar-refractivity contribution in [3.8, 4) is 0 Å². The van der Waals surface area contributed by atoms with E-state index in [1.807, 2.05) is 10.7 Å². The second-order valence-corrected chi connectivity index (χ2v) is 5.55. The summed E-state index contributed by atoms with van der Waals surface area (Å²) in [5.74, 6) is 0. The first-order valence-electron chi connectivity index (χ1n) is 5.60. The Balaban J connectivity index is 2.49. The molecule has 0 spiro atoms. The molecule has 0 aliphatic heterocycles. The summed E-state index contributed by atoms with van der Waals surface area (Å²) < 4.78 is 2.78. The van der Waals surface area contributed by atoms with Gasteiger partial charge in [-0.1, -0.05) is 11.6 Å². The van der Waals surface area contributed by atoms with Crippen LogP contribution in [0.25, 0.3) is 0 Å². The maximum absolute atomic E-state index is 6.30. The zero-order valence-corrected chi connectivity index (χ0v) is 12.5. The van der Waals surface area contributed by atoms with Gasteiger partial charge in [-0.15, -0.1) is 0 Å². The van der Waals surface area contributed by atoms with E-state index >= 15 is 0 Å². The lowest BCUT2D eigenvalue weighted by Crippen LogP contribution is -2.19. The highest BCUT2D eigenvalue weighted by Crippen LogP contribution is 2.31. The van der Waals surface area contributed by atoms with Gasteiger partial charge < -0.3 is 5.73 Å². The number of hydrogen-bond acceptors (Lipinski definition) is 3. The van der Waals surface area contributed by atoms with Gasteiger partial charge in [0.1, 0.15) is 0 Å². The third-order valence-corrected chi connectivity index (χ3v) is 3.64. The molecular weight excluding hydrogens is 316 g/mol. The Labute approximate surface area is 119 Å². The van der Waals surface area contributed by atoms with E-state index in [9.17, 15) is 0 Å². The van der Waals surface area contributed by atoms with Gasteiger partial charge in [-0.2, -0.15) is 5.10 Å². The number of rotatable bonds is 3. The second kappa shape index (κ2) is 5.38. The molecule has 18 heavy (non-hydrogen) atoms. The smallest absolute Gasteiger partial charge is 0.0750 e. The van der Waals surface area contributed by atoms with Crippen molar-refractivity contribution in [1.82, 2.24) is 14.8 Å². The summed E-state index contributed by atoms with van der Waals surface area (Å²) in [5.41, 5.74) is 8.06. The number of nitrogens with zero attached hydrogens (tertiary/aromatic N) is 3. The van der Waals surface area contributed by atoms with Crippen LogP contribution in [-0.2, 0) is 0 Å². The molecule has 6 heteroatoms. The van der Waals surface area contributed by atoms with Crippen LogP contribution in [0, 0.1) is 0 Å². The Bertz CT molecular complexity index is 553. The molecule has 0 amide bonds. The van der Waals surface area contributed by atoms with Gasteiger partial charge in [0, 0.05) is 18.4 Å². The second-order valence-electron chi connectivity index (χ2n) is 4.29. The Morgan fingerprint density at radius 2 is 2.11 bits per heavy atom. The van der Waals surface area contributed by atoms with Crippen LogP contribution in [-0.4, -0.2) is 14.8 Å². The van der Waals surface area contributed by atoms with E-state index in [0.717, 1.165) is 15.7 Å². The number of pyridine rings is 1. The minimum Gasteiger partial charge on any atom is -0.319 e. The molecule has 1 atom stereocenters.